The number of benzene rings is 1. The SMILES string of the molecule is COc1ccc(COC(=O)N[C@H]2C[C@H]3CC[C@@H](C2)N3C)cc1. The summed E-state index contributed by atoms with van der Waals surface area (Å²) >= 11 is 0. The molecule has 2 fully saturated rings. The minimum Gasteiger partial charge on any atom is -0.497 e. The van der Waals surface area contributed by atoms with Gasteiger partial charge in [0.25, 0.3) is 0 Å². The number of alkyl carbamates (subject to hydrolysis) is 1. The van der Waals surface area contributed by atoms with Crippen LogP contribution in [0.2, 0.25) is 0 Å². The van der Waals surface area contributed by atoms with E-state index in [4.69, 9.17) is 9.47 Å². The van der Waals surface area contributed by atoms with Gasteiger partial charge in [-0.15, -0.1) is 0 Å². The van der Waals surface area contributed by atoms with E-state index in [1.165, 1.54) is 12.8 Å². The lowest BCUT2D eigenvalue weighted by atomic mass is 9.98. The summed E-state index contributed by atoms with van der Waals surface area (Å²) in [5, 5.41) is 3.02. The number of amides is 1. The van der Waals surface area contributed by atoms with Crippen LogP contribution in [0.5, 0.6) is 5.75 Å². The van der Waals surface area contributed by atoms with Gasteiger partial charge in [-0.3, -0.25) is 0 Å². The van der Waals surface area contributed by atoms with Crippen molar-refractivity contribution < 1.29 is 14.3 Å². The summed E-state index contributed by atoms with van der Waals surface area (Å²) < 4.78 is 10.4. The van der Waals surface area contributed by atoms with Gasteiger partial charge in [-0.1, -0.05) is 12.1 Å². The number of nitrogens with zero attached hydrogens (tertiary/aromatic N) is 1. The van der Waals surface area contributed by atoms with Gasteiger partial charge in [-0.25, -0.2) is 4.79 Å². The minimum atomic E-state index is -0.315. The van der Waals surface area contributed by atoms with Crippen LogP contribution in [0.1, 0.15) is 31.2 Å². The van der Waals surface area contributed by atoms with E-state index in [1.807, 2.05) is 24.3 Å². The van der Waals surface area contributed by atoms with E-state index in [1.54, 1.807) is 7.11 Å². The first-order chi connectivity index (χ1) is 10.7. The molecule has 0 unspecified atom stereocenters. The molecule has 1 aromatic carbocycles. The van der Waals surface area contributed by atoms with Gasteiger partial charge in [0, 0.05) is 18.1 Å². The average molecular weight is 304 g/mol. The van der Waals surface area contributed by atoms with Crippen LogP contribution in [0.4, 0.5) is 4.79 Å². The molecule has 2 aliphatic rings. The summed E-state index contributed by atoms with van der Waals surface area (Å²) in [5.74, 6) is 0.801. The van der Waals surface area contributed by atoms with Gasteiger partial charge in [0.05, 0.1) is 7.11 Å². The smallest absolute Gasteiger partial charge is 0.407 e. The summed E-state index contributed by atoms with van der Waals surface area (Å²) in [5.41, 5.74) is 0.958. The van der Waals surface area contributed by atoms with E-state index < -0.39 is 0 Å². The number of piperidine rings is 1. The number of carbonyl (C=O) groups is 1. The van der Waals surface area contributed by atoms with Gasteiger partial charge in [0.2, 0.25) is 0 Å². The molecule has 3 rings (SSSR count). The molecule has 120 valence electrons. The molecule has 2 heterocycles. The Balaban J connectivity index is 1.44. The monoisotopic (exact) mass is 304 g/mol. The van der Waals surface area contributed by atoms with Gasteiger partial charge >= 0.3 is 6.09 Å². The van der Waals surface area contributed by atoms with Crippen molar-refractivity contribution in [3.8, 4) is 5.75 Å². The number of fused-ring (bicyclic) bond motifs is 2. The second-order valence-electron chi connectivity index (χ2n) is 6.29. The fourth-order valence-electron chi connectivity index (χ4n) is 3.61. The van der Waals surface area contributed by atoms with Crippen LogP contribution in [0.3, 0.4) is 0 Å². The largest absolute Gasteiger partial charge is 0.497 e. The van der Waals surface area contributed by atoms with E-state index in [0.717, 1.165) is 24.2 Å². The highest BCUT2D eigenvalue weighted by Crippen LogP contribution is 2.34. The Labute approximate surface area is 131 Å². The Morgan fingerprint density at radius 2 is 1.86 bits per heavy atom. The van der Waals surface area contributed by atoms with Gasteiger partial charge in [-0.05, 0) is 50.4 Å². The van der Waals surface area contributed by atoms with E-state index in [9.17, 15) is 4.79 Å². The molecule has 22 heavy (non-hydrogen) atoms. The quantitative estimate of drug-likeness (QED) is 0.929. The highest BCUT2D eigenvalue weighted by molar-refractivity contribution is 5.67. The Hall–Kier alpha value is -1.75. The number of hydrogen-bond donors (Lipinski definition) is 1. The number of methoxy groups -OCH3 is 1. The molecule has 2 saturated heterocycles. The molecule has 1 amide bonds. The summed E-state index contributed by atoms with van der Waals surface area (Å²) in [6, 6.07) is 9.02. The number of nitrogens with one attached hydrogen (secondary N) is 1. The fourth-order valence-corrected chi connectivity index (χ4v) is 3.61. The third-order valence-corrected chi connectivity index (χ3v) is 4.95. The molecule has 2 bridgehead atoms. The van der Waals surface area contributed by atoms with Gasteiger partial charge in [0.15, 0.2) is 0 Å². The first-order valence-corrected chi connectivity index (χ1v) is 7.94. The molecule has 5 nitrogen and oxygen atoms in total. The maximum Gasteiger partial charge on any atom is 0.407 e. The van der Waals surface area contributed by atoms with Gasteiger partial charge < -0.3 is 19.7 Å². The predicted molar refractivity (Wildman–Crippen MR) is 83.9 cm³/mol. The minimum absolute atomic E-state index is 0.247. The first kappa shape index (κ1) is 15.2. The maximum absolute atomic E-state index is 12.0. The summed E-state index contributed by atoms with van der Waals surface area (Å²) in [6.45, 7) is 0.287. The highest BCUT2D eigenvalue weighted by Gasteiger charge is 2.38. The van der Waals surface area contributed by atoms with Crippen LogP contribution in [0.15, 0.2) is 24.3 Å². The standard InChI is InChI=1S/C17H24N2O3/c1-19-14-5-6-15(19)10-13(9-14)18-17(20)22-11-12-3-7-16(21-2)8-4-12/h3-4,7-8,13-15H,5-6,9-11H2,1-2H3,(H,18,20)/t13-,14+,15-. The van der Waals surface area contributed by atoms with Crippen molar-refractivity contribution in [2.24, 2.45) is 0 Å². The van der Waals surface area contributed by atoms with Crippen LogP contribution in [0.25, 0.3) is 0 Å². The van der Waals surface area contributed by atoms with Crippen molar-refractivity contribution in [3.63, 3.8) is 0 Å². The van der Waals surface area contributed by atoms with Crippen molar-refractivity contribution in [3.05, 3.63) is 29.8 Å². The molecule has 0 radical (unpaired) electrons. The fraction of sp³-hybridized carbons (Fsp3) is 0.588. The van der Waals surface area contributed by atoms with Crippen LogP contribution in [-0.2, 0) is 11.3 Å². The van der Waals surface area contributed by atoms with E-state index in [2.05, 4.69) is 17.3 Å². The molecule has 3 atom stereocenters. The first-order valence-electron chi connectivity index (χ1n) is 7.94. The molecule has 5 heteroatoms. The number of carbonyl (C=O) groups excluding carboxylic acids is 1. The Kier molecular flexibility index (Phi) is 4.52. The predicted octanol–water partition coefficient (Wildman–Crippen LogP) is 2.55. The third-order valence-electron chi connectivity index (χ3n) is 4.95. The van der Waals surface area contributed by atoms with Crippen LogP contribution < -0.4 is 10.1 Å². The zero-order chi connectivity index (χ0) is 15.5. The molecule has 2 aliphatic heterocycles. The highest BCUT2D eigenvalue weighted by atomic mass is 16.5. The molecular weight excluding hydrogens is 280 g/mol. The van der Waals surface area contributed by atoms with Crippen molar-refractivity contribution >= 4 is 6.09 Å². The molecule has 0 saturated carbocycles. The van der Waals surface area contributed by atoms with Crippen molar-refractivity contribution in [2.45, 2.75) is 50.4 Å². The molecular formula is C17H24N2O3. The van der Waals surface area contributed by atoms with E-state index in [0.29, 0.717) is 12.1 Å². The Morgan fingerprint density at radius 1 is 1.23 bits per heavy atom. The lowest BCUT2D eigenvalue weighted by Crippen LogP contribution is -2.48. The lowest BCUT2D eigenvalue weighted by Gasteiger charge is -2.36. The summed E-state index contributed by atoms with van der Waals surface area (Å²) in [7, 11) is 3.83. The second-order valence-corrected chi connectivity index (χ2v) is 6.29. The maximum atomic E-state index is 12.0. The average Bonchev–Trinajstić information content (AvgIpc) is 2.75. The Morgan fingerprint density at radius 3 is 2.45 bits per heavy atom. The van der Waals surface area contributed by atoms with Crippen LogP contribution in [0, 0.1) is 0 Å². The topological polar surface area (TPSA) is 50.8 Å². The second kappa shape index (κ2) is 6.57. The lowest BCUT2D eigenvalue weighted by molar-refractivity contribution is 0.115. The van der Waals surface area contributed by atoms with Crippen molar-refractivity contribution in [2.75, 3.05) is 14.2 Å². The number of hydrogen-bond acceptors (Lipinski definition) is 4. The number of ether oxygens (including phenoxy) is 2. The molecule has 1 aromatic rings. The normalized spacial score (nSPS) is 27.5. The molecule has 0 spiro atoms. The van der Waals surface area contributed by atoms with Gasteiger partial charge in [-0.2, -0.15) is 0 Å². The zero-order valence-corrected chi connectivity index (χ0v) is 13.2. The summed E-state index contributed by atoms with van der Waals surface area (Å²) in [4.78, 5) is 14.4. The van der Waals surface area contributed by atoms with Crippen LogP contribution in [-0.4, -0.2) is 43.3 Å². The number of rotatable bonds is 4. The van der Waals surface area contributed by atoms with Crippen molar-refractivity contribution in [1.82, 2.24) is 10.2 Å². The van der Waals surface area contributed by atoms with Crippen LogP contribution >= 0.6 is 0 Å². The summed E-state index contributed by atoms with van der Waals surface area (Å²) in [6.07, 6.45) is 4.25. The molecule has 1 N–H and O–H groups in total. The van der Waals surface area contributed by atoms with E-state index >= 15 is 0 Å². The van der Waals surface area contributed by atoms with Crippen molar-refractivity contribution in [1.29, 1.82) is 0 Å². The molecule has 0 aromatic heterocycles. The third kappa shape index (κ3) is 3.35. The van der Waals surface area contributed by atoms with Gasteiger partial charge in [0.1, 0.15) is 12.4 Å². The molecule has 0 aliphatic carbocycles. The Bertz CT molecular complexity index is 503. The zero-order valence-electron chi connectivity index (χ0n) is 13.2. The van der Waals surface area contributed by atoms with E-state index in [-0.39, 0.29) is 18.7 Å².